The van der Waals surface area contributed by atoms with Gasteiger partial charge in [0.15, 0.2) is 17.3 Å². The number of amides is 3. The zero-order valence-corrected chi connectivity index (χ0v) is 24.6. The summed E-state index contributed by atoms with van der Waals surface area (Å²) in [6.07, 6.45) is 3.11. The van der Waals surface area contributed by atoms with E-state index < -0.39 is 6.04 Å². The molecule has 226 valence electrons. The van der Waals surface area contributed by atoms with Crippen molar-refractivity contribution in [2.75, 3.05) is 33.4 Å². The fraction of sp³-hybridized carbons (Fsp3) is 0.242. The summed E-state index contributed by atoms with van der Waals surface area (Å²) in [5, 5.41) is 10.5. The molecular weight excluding hydrogens is 560 g/mol. The van der Waals surface area contributed by atoms with Crippen molar-refractivity contribution in [3.8, 4) is 22.9 Å². The Morgan fingerprint density at radius 1 is 1.00 bits per heavy atom. The van der Waals surface area contributed by atoms with Crippen molar-refractivity contribution in [2.24, 2.45) is 0 Å². The summed E-state index contributed by atoms with van der Waals surface area (Å²) in [6.45, 7) is 2.35. The summed E-state index contributed by atoms with van der Waals surface area (Å²) in [6, 6.07) is 23.3. The van der Waals surface area contributed by atoms with Gasteiger partial charge in [-0.2, -0.15) is 5.10 Å². The van der Waals surface area contributed by atoms with Crippen LogP contribution in [0.2, 0.25) is 0 Å². The lowest BCUT2D eigenvalue weighted by molar-refractivity contribution is -0.132. The van der Waals surface area contributed by atoms with E-state index in [0.29, 0.717) is 35.3 Å². The van der Waals surface area contributed by atoms with Crippen molar-refractivity contribution in [1.29, 1.82) is 0 Å². The third kappa shape index (κ3) is 7.49. The van der Waals surface area contributed by atoms with Crippen LogP contribution in [0.3, 0.4) is 0 Å². The number of carbonyl (C=O) groups excluding carboxylic acids is 3. The van der Waals surface area contributed by atoms with Crippen LogP contribution in [0.15, 0.2) is 84.9 Å². The van der Waals surface area contributed by atoms with Crippen molar-refractivity contribution < 1.29 is 23.9 Å². The van der Waals surface area contributed by atoms with Gasteiger partial charge in [-0.3, -0.25) is 14.4 Å². The largest absolute Gasteiger partial charge is 0.493 e. The van der Waals surface area contributed by atoms with Crippen LogP contribution in [0, 0.1) is 0 Å². The van der Waals surface area contributed by atoms with E-state index >= 15 is 0 Å². The average Bonchev–Trinajstić information content (AvgIpc) is 3.48. The lowest BCUT2D eigenvalue weighted by Crippen LogP contribution is -2.44. The first-order chi connectivity index (χ1) is 21.4. The predicted molar refractivity (Wildman–Crippen MR) is 165 cm³/mol. The first-order valence-corrected chi connectivity index (χ1v) is 14.3. The molecule has 44 heavy (non-hydrogen) atoms. The van der Waals surface area contributed by atoms with Gasteiger partial charge in [-0.05, 0) is 36.8 Å². The maximum absolute atomic E-state index is 13.3. The monoisotopic (exact) mass is 594 g/mol. The van der Waals surface area contributed by atoms with E-state index in [9.17, 15) is 14.4 Å². The minimum atomic E-state index is -0.530. The summed E-state index contributed by atoms with van der Waals surface area (Å²) in [5.41, 5.74) is 2.05. The first-order valence-electron chi connectivity index (χ1n) is 14.3. The molecule has 1 aliphatic rings. The zero-order valence-electron chi connectivity index (χ0n) is 24.6. The number of carbonyl (C=O) groups is 3. The highest BCUT2D eigenvalue weighted by molar-refractivity contribution is 5.96. The molecule has 0 aliphatic carbocycles. The van der Waals surface area contributed by atoms with Crippen LogP contribution in [0.1, 0.15) is 34.7 Å². The molecule has 2 N–H and O–H groups in total. The average molecular weight is 595 g/mol. The fourth-order valence-corrected chi connectivity index (χ4v) is 4.76. The summed E-state index contributed by atoms with van der Waals surface area (Å²) in [4.78, 5) is 45.6. The minimum absolute atomic E-state index is 0.110. The van der Waals surface area contributed by atoms with Crippen molar-refractivity contribution in [3.63, 3.8) is 0 Å². The molecule has 11 nitrogen and oxygen atoms in total. The molecule has 11 heteroatoms. The molecular formula is C33H34N6O5. The lowest BCUT2D eigenvalue weighted by Gasteiger charge is -2.22. The molecule has 1 aromatic heterocycles. The third-order valence-electron chi connectivity index (χ3n) is 7.01. The van der Waals surface area contributed by atoms with E-state index in [4.69, 9.17) is 19.6 Å². The highest BCUT2D eigenvalue weighted by Gasteiger charge is 2.22. The maximum Gasteiger partial charge on any atom is 0.251 e. The van der Waals surface area contributed by atoms with E-state index in [1.165, 1.54) is 18.1 Å². The van der Waals surface area contributed by atoms with E-state index in [1.807, 2.05) is 67.6 Å². The highest BCUT2D eigenvalue weighted by atomic mass is 16.5. The summed E-state index contributed by atoms with van der Waals surface area (Å²) < 4.78 is 13.2. The molecule has 4 aromatic rings. The van der Waals surface area contributed by atoms with Crippen LogP contribution in [-0.4, -0.2) is 70.7 Å². The summed E-state index contributed by atoms with van der Waals surface area (Å²) in [5.74, 6) is 0.832. The van der Waals surface area contributed by atoms with Crippen molar-refractivity contribution in [2.45, 2.75) is 19.5 Å². The van der Waals surface area contributed by atoms with Crippen LogP contribution < -0.4 is 20.1 Å². The third-order valence-corrected chi connectivity index (χ3v) is 7.01. The van der Waals surface area contributed by atoms with Crippen LogP contribution in [0.4, 0.5) is 0 Å². The quantitative estimate of drug-likeness (QED) is 0.346. The van der Waals surface area contributed by atoms with E-state index in [0.717, 1.165) is 11.1 Å². The van der Waals surface area contributed by atoms with Crippen LogP contribution in [0.25, 0.3) is 17.5 Å². The standard InChI is InChI=1S/C33H34N6O5/c1-23-32-36-31(25-11-7-4-8-12-25)37-39(32)19-20-44-28-21-26(14-15-27(28)43-2)33(42)34-17-18-38(22-29(40)35-23)30(41)16-13-24-9-5-3-6-10-24/h3-16,21,23H,17-20,22H2,1-2H3,(H,34,42)(H,35,40)/b16-13+/t23-/m1/s1. The molecule has 3 aromatic carbocycles. The number of benzene rings is 3. The predicted octanol–water partition coefficient (Wildman–Crippen LogP) is 3.50. The van der Waals surface area contributed by atoms with Gasteiger partial charge in [-0.25, -0.2) is 9.67 Å². The number of fused-ring (bicyclic) bond motifs is 3. The maximum atomic E-state index is 13.3. The number of nitrogens with zero attached hydrogens (tertiary/aromatic N) is 4. The van der Waals surface area contributed by atoms with Gasteiger partial charge in [-0.15, -0.1) is 0 Å². The number of hydrogen-bond donors (Lipinski definition) is 2. The Morgan fingerprint density at radius 3 is 2.50 bits per heavy atom. The molecule has 2 bridgehead atoms. The first kappa shape index (κ1) is 30.0. The molecule has 3 amide bonds. The molecule has 0 fully saturated rings. The second-order valence-electron chi connectivity index (χ2n) is 10.1. The molecule has 0 saturated carbocycles. The van der Waals surface area contributed by atoms with Crippen LogP contribution in [-0.2, 0) is 16.1 Å². The number of methoxy groups -OCH3 is 1. The van der Waals surface area contributed by atoms with Gasteiger partial charge in [0, 0.05) is 30.3 Å². The Balaban J connectivity index is 1.45. The number of ether oxygens (including phenoxy) is 2. The summed E-state index contributed by atoms with van der Waals surface area (Å²) in [7, 11) is 1.53. The van der Waals surface area contributed by atoms with E-state index in [1.54, 1.807) is 29.0 Å². The molecule has 1 atom stereocenters. The number of rotatable bonds is 4. The van der Waals surface area contributed by atoms with Gasteiger partial charge in [0.2, 0.25) is 11.8 Å². The number of aromatic nitrogens is 3. The second kappa shape index (κ2) is 14.1. The second-order valence-corrected chi connectivity index (χ2v) is 10.1. The Kier molecular flexibility index (Phi) is 9.65. The van der Waals surface area contributed by atoms with Gasteiger partial charge in [0.1, 0.15) is 12.4 Å². The van der Waals surface area contributed by atoms with Gasteiger partial charge in [0.25, 0.3) is 5.91 Å². The van der Waals surface area contributed by atoms with Gasteiger partial charge in [0.05, 0.1) is 26.2 Å². The van der Waals surface area contributed by atoms with Crippen molar-refractivity contribution in [3.05, 3.63) is 102 Å². The Bertz CT molecular complexity index is 1640. The molecule has 0 spiro atoms. The molecule has 0 unspecified atom stereocenters. The normalized spacial score (nSPS) is 16.3. The summed E-state index contributed by atoms with van der Waals surface area (Å²) >= 11 is 0. The topological polar surface area (TPSA) is 128 Å². The van der Waals surface area contributed by atoms with Gasteiger partial charge in [-0.1, -0.05) is 60.7 Å². The molecule has 5 rings (SSSR count). The van der Waals surface area contributed by atoms with E-state index in [-0.39, 0.29) is 44.0 Å². The fourth-order valence-electron chi connectivity index (χ4n) is 4.76. The highest BCUT2D eigenvalue weighted by Crippen LogP contribution is 2.28. The molecule has 2 heterocycles. The SMILES string of the molecule is COc1ccc2cc1OCCn1nc(-c3ccccc3)nc1[C@@H](C)NC(=O)CN(C(=O)/C=C/c1ccccc1)CCNC2=O. The smallest absolute Gasteiger partial charge is 0.251 e. The molecule has 0 saturated heterocycles. The number of nitrogens with one attached hydrogen (secondary N) is 2. The Morgan fingerprint density at radius 2 is 1.75 bits per heavy atom. The zero-order chi connectivity index (χ0) is 30.9. The molecule has 0 radical (unpaired) electrons. The van der Waals surface area contributed by atoms with Gasteiger partial charge < -0.3 is 25.0 Å². The number of hydrogen-bond acceptors (Lipinski definition) is 7. The lowest BCUT2D eigenvalue weighted by atomic mass is 10.2. The Labute approximate surface area is 255 Å². The van der Waals surface area contributed by atoms with Crippen LogP contribution in [0.5, 0.6) is 11.5 Å². The van der Waals surface area contributed by atoms with Crippen LogP contribution >= 0.6 is 0 Å². The van der Waals surface area contributed by atoms with E-state index in [2.05, 4.69) is 10.6 Å². The van der Waals surface area contributed by atoms with Crippen molar-refractivity contribution >= 4 is 23.8 Å². The van der Waals surface area contributed by atoms with Gasteiger partial charge >= 0.3 is 0 Å². The minimum Gasteiger partial charge on any atom is -0.493 e. The Hall–Kier alpha value is -5.45. The molecule has 1 aliphatic heterocycles. The van der Waals surface area contributed by atoms with Crippen molar-refractivity contribution in [1.82, 2.24) is 30.3 Å².